The van der Waals surface area contributed by atoms with Gasteiger partial charge < -0.3 is 4.74 Å². The molecule has 3 aromatic heterocycles. The Balaban J connectivity index is 1.27. The summed E-state index contributed by atoms with van der Waals surface area (Å²) in [5.41, 5.74) is 1.52. The van der Waals surface area contributed by atoms with Crippen molar-refractivity contribution >= 4 is 54.7 Å². The number of rotatable bonds is 5. The summed E-state index contributed by atoms with van der Waals surface area (Å²) in [7, 11) is 0. The molecule has 5 aromatic rings. The zero-order valence-electron chi connectivity index (χ0n) is 17.9. The highest BCUT2D eigenvalue weighted by molar-refractivity contribution is 7.17. The SMILES string of the molecule is O=C(Cn1cnc2scc(-c3ccc4ccccc4c3)c2c1=O)Nc1nnc(C2CCCO2)s1. The number of anilines is 1. The van der Waals surface area contributed by atoms with E-state index in [1.807, 2.05) is 35.7 Å². The van der Waals surface area contributed by atoms with Gasteiger partial charge in [0.15, 0.2) is 0 Å². The maximum Gasteiger partial charge on any atom is 0.263 e. The van der Waals surface area contributed by atoms with Gasteiger partial charge in [0.1, 0.15) is 22.5 Å². The van der Waals surface area contributed by atoms with Gasteiger partial charge in [-0.3, -0.25) is 19.5 Å². The fourth-order valence-electron chi connectivity index (χ4n) is 4.15. The average molecular weight is 490 g/mol. The Morgan fingerprint density at radius 3 is 2.91 bits per heavy atom. The van der Waals surface area contributed by atoms with Crippen LogP contribution >= 0.6 is 22.7 Å². The molecule has 0 bridgehead atoms. The van der Waals surface area contributed by atoms with Gasteiger partial charge in [-0.15, -0.1) is 21.5 Å². The molecular weight excluding hydrogens is 470 g/mol. The number of amides is 1. The second-order valence-electron chi connectivity index (χ2n) is 8.06. The van der Waals surface area contributed by atoms with Crippen LogP contribution in [0.3, 0.4) is 0 Å². The molecule has 0 spiro atoms. The third-order valence-electron chi connectivity index (χ3n) is 5.83. The van der Waals surface area contributed by atoms with Crippen molar-refractivity contribution in [1.29, 1.82) is 0 Å². The summed E-state index contributed by atoms with van der Waals surface area (Å²) >= 11 is 2.72. The van der Waals surface area contributed by atoms with Crippen LogP contribution in [0.15, 0.2) is 59.0 Å². The van der Waals surface area contributed by atoms with E-state index in [2.05, 4.69) is 32.6 Å². The highest BCUT2D eigenvalue weighted by Gasteiger charge is 2.22. The molecule has 170 valence electrons. The van der Waals surface area contributed by atoms with Crippen LogP contribution in [0.4, 0.5) is 5.13 Å². The quantitative estimate of drug-likeness (QED) is 0.387. The minimum atomic E-state index is -0.360. The van der Waals surface area contributed by atoms with E-state index in [0.29, 0.717) is 22.0 Å². The largest absolute Gasteiger partial charge is 0.371 e. The van der Waals surface area contributed by atoms with Crippen LogP contribution in [0.5, 0.6) is 0 Å². The second kappa shape index (κ2) is 8.71. The van der Waals surface area contributed by atoms with Crippen molar-refractivity contribution in [2.75, 3.05) is 11.9 Å². The number of fused-ring (bicyclic) bond motifs is 2. The highest BCUT2D eigenvalue weighted by atomic mass is 32.1. The molecule has 2 aromatic carbocycles. The van der Waals surface area contributed by atoms with Crippen LogP contribution in [0, 0.1) is 0 Å². The van der Waals surface area contributed by atoms with Crippen molar-refractivity contribution in [2.45, 2.75) is 25.5 Å². The summed E-state index contributed by atoms with van der Waals surface area (Å²) < 4.78 is 6.95. The Hall–Kier alpha value is -3.47. The summed E-state index contributed by atoms with van der Waals surface area (Å²) in [4.78, 5) is 31.0. The molecule has 1 atom stereocenters. The molecule has 1 aliphatic heterocycles. The van der Waals surface area contributed by atoms with Crippen LogP contribution < -0.4 is 10.9 Å². The minimum Gasteiger partial charge on any atom is -0.371 e. The normalized spacial score (nSPS) is 15.8. The molecule has 34 heavy (non-hydrogen) atoms. The van der Waals surface area contributed by atoms with Crippen LogP contribution in [-0.4, -0.2) is 32.3 Å². The molecule has 1 unspecified atom stereocenters. The van der Waals surface area contributed by atoms with Gasteiger partial charge in [0, 0.05) is 17.6 Å². The van der Waals surface area contributed by atoms with Crippen molar-refractivity contribution < 1.29 is 9.53 Å². The molecule has 1 fully saturated rings. The summed E-state index contributed by atoms with van der Waals surface area (Å²) in [5.74, 6) is -0.360. The molecule has 1 amide bonds. The summed E-state index contributed by atoms with van der Waals surface area (Å²) in [6.07, 6.45) is 3.27. The standard InChI is InChI=1S/C24H19N5O3S2/c30-19(26-24-28-27-21(34-24)18-6-3-9-32-18)11-29-13-25-22-20(23(29)31)17(12-33-22)16-8-7-14-4-1-2-5-15(14)10-16/h1-2,4-5,7-8,10,12-13,18H,3,6,9,11H2,(H,26,28,30). The molecule has 4 heterocycles. The van der Waals surface area contributed by atoms with Gasteiger partial charge in [0.2, 0.25) is 11.0 Å². The molecule has 0 aliphatic carbocycles. The third-order valence-corrected chi connectivity index (χ3v) is 7.64. The lowest BCUT2D eigenvalue weighted by atomic mass is 10.0. The van der Waals surface area contributed by atoms with E-state index in [4.69, 9.17) is 4.74 Å². The second-order valence-corrected chi connectivity index (χ2v) is 9.93. The van der Waals surface area contributed by atoms with Gasteiger partial charge in [-0.2, -0.15) is 0 Å². The highest BCUT2D eigenvalue weighted by Crippen LogP contribution is 2.33. The molecule has 1 aliphatic rings. The monoisotopic (exact) mass is 489 g/mol. The molecule has 6 rings (SSSR count). The minimum absolute atomic E-state index is 0.0514. The van der Waals surface area contributed by atoms with Gasteiger partial charge in [0.05, 0.1) is 11.7 Å². The Morgan fingerprint density at radius 1 is 1.18 bits per heavy atom. The fraction of sp³-hybridized carbons (Fsp3) is 0.208. The first-order valence-electron chi connectivity index (χ1n) is 10.9. The molecule has 0 radical (unpaired) electrons. The lowest BCUT2D eigenvalue weighted by Gasteiger charge is -2.07. The van der Waals surface area contributed by atoms with Crippen molar-refractivity contribution in [1.82, 2.24) is 19.7 Å². The van der Waals surface area contributed by atoms with Crippen molar-refractivity contribution in [3.05, 3.63) is 69.5 Å². The van der Waals surface area contributed by atoms with Gasteiger partial charge in [-0.05, 0) is 35.2 Å². The first-order valence-corrected chi connectivity index (χ1v) is 12.6. The smallest absolute Gasteiger partial charge is 0.263 e. The third kappa shape index (κ3) is 3.89. The number of nitrogens with zero attached hydrogens (tertiary/aromatic N) is 4. The fourth-order valence-corrected chi connectivity index (χ4v) is 5.90. The van der Waals surface area contributed by atoms with Crippen LogP contribution in [0.2, 0.25) is 0 Å². The van der Waals surface area contributed by atoms with Crippen LogP contribution in [0.1, 0.15) is 24.0 Å². The van der Waals surface area contributed by atoms with E-state index in [9.17, 15) is 9.59 Å². The summed E-state index contributed by atoms with van der Waals surface area (Å²) in [5, 5.41) is 16.8. The topological polar surface area (TPSA) is 99.0 Å². The van der Waals surface area contributed by atoms with Gasteiger partial charge >= 0.3 is 0 Å². The van der Waals surface area contributed by atoms with Gasteiger partial charge in [-0.1, -0.05) is 47.7 Å². The number of ether oxygens (including phenoxy) is 1. The lowest BCUT2D eigenvalue weighted by Crippen LogP contribution is -2.27. The predicted octanol–water partition coefficient (Wildman–Crippen LogP) is 4.62. The van der Waals surface area contributed by atoms with E-state index < -0.39 is 0 Å². The van der Waals surface area contributed by atoms with Crippen LogP contribution in [-0.2, 0) is 16.1 Å². The molecule has 8 nitrogen and oxygen atoms in total. The number of hydrogen-bond acceptors (Lipinski definition) is 8. The molecule has 10 heteroatoms. The zero-order chi connectivity index (χ0) is 23.1. The lowest BCUT2D eigenvalue weighted by molar-refractivity contribution is -0.116. The maximum atomic E-state index is 13.3. The number of thiophene rings is 1. The van der Waals surface area contributed by atoms with Gasteiger partial charge in [0.25, 0.3) is 5.56 Å². The average Bonchev–Trinajstić information content (AvgIpc) is 3.61. The number of nitrogens with one attached hydrogen (secondary N) is 1. The summed E-state index contributed by atoms with van der Waals surface area (Å²) in [6.45, 7) is 0.553. The van der Waals surface area contributed by atoms with Crippen LogP contribution in [0.25, 0.3) is 32.1 Å². The molecule has 0 saturated carbocycles. The zero-order valence-corrected chi connectivity index (χ0v) is 19.6. The Bertz CT molecular complexity index is 1580. The Labute approximate surface area is 201 Å². The Morgan fingerprint density at radius 2 is 2.06 bits per heavy atom. The Kier molecular flexibility index (Phi) is 5.40. The number of benzene rings is 2. The van der Waals surface area contributed by atoms with Crippen molar-refractivity contribution in [2.24, 2.45) is 0 Å². The number of carbonyl (C=O) groups excluding carboxylic acids is 1. The number of carbonyl (C=O) groups is 1. The molecule has 1 saturated heterocycles. The van der Waals surface area contributed by atoms with Gasteiger partial charge in [-0.25, -0.2) is 4.98 Å². The van der Waals surface area contributed by atoms with Crippen molar-refractivity contribution in [3.63, 3.8) is 0 Å². The summed E-state index contributed by atoms with van der Waals surface area (Å²) in [6, 6.07) is 14.2. The molecular formula is C24H19N5O3S2. The first-order chi connectivity index (χ1) is 16.7. The first kappa shape index (κ1) is 21.1. The maximum absolute atomic E-state index is 13.3. The molecule has 1 N–H and O–H groups in total. The van der Waals surface area contributed by atoms with E-state index in [1.54, 1.807) is 0 Å². The van der Waals surface area contributed by atoms with E-state index in [0.717, 1.165) is 39.7 Å². The predicted molar refractivity (Wildman–Crippen MR) is 133 cm³/mol. The number of hydrogen-bond donors (Lipinski definition) is 1. The van der Waals surface area contributed by atoms with E-state index in [1.165, 1.54) is 33.6 Å². The number of aromatic nitrogens is 4. The van der Waals surface area contributed by atoms with E-state index >= 15 is 0 Å². The van der Waals surface area contributed by atoms with E-state index in [-0.39, 0.29) is 24.1 Å². The van der Waals surface area contributed by atoms with Crippen molar-refractivity contribution in [3.8, 4) is 11.1 Å².